The number of furan rings is 1. The minimum atomic E-state index is -0.209. The van der Waals surface area contributed by atoms with Crippen LogP contribution in [0.15, 0.2) is 40.2 Å². The number of ether oxygens (including phenoxy) is 1. The summed E-state index contributed by atoms with van der Waals surface area (Å²) in [6, 6.07) is 5.72. The van der Waals surface area contributed by atoms with Gasteiger partial charge in [-0.1, -0.05) is 25.6 Å². The van der Waals surface area contributed by atoms with E-state index in [2.05, 4.69) is 23.8 Å². The van der Waals surface area contributed by atoms with E-state index in [1.54, 1.807) is 18.5 Å². The molecule has 0 saturated carbocycles. The third-order valence-electron chi connectivity index (χ3n) is 5.69. The average Bonchev–Trinajstić information content (AvgIpc) is 3.42. The van der Waals surface area contributed by atoms with Gasteiger partial charge in [-0.15, -0.1) is 0 Å². The Morgan fingerprint density at radius 2 is 2.10 bits per heavy atom. The molecule has 2 amide bonds. The maximum absolute atomic E-state index is 12.7. The van der Waals surface area contributed by atoms with Gasteiger partial charge in [-0.3, -0.25) is 9.69 Å². The third kappa shape index (κ3) is 5.20. The van der Waals surface area contributed by atoms with E-state index < -0.39 is 0 Å². The fraction of sp³-hybridized carbons (Fsp3) is 0.545. The maximum Gasteiger partial charge on any atom is 0.410 e. The van der Waals surface area contributed by atoms with E-state index in [9.17, 15) is 9.59 Å². The van der Waals surface area contributed by atoms with Crippen molar-refractivity contribution in [1.29, 1.82) is 0 Å². The molecule has 2 fully saturated rings. The van der Waals surface area contributed by atoms with Gasteiger partial charge in [0.15, 0.2) is 10.9 Å². The molecular formula is C22H28N4O4S. The summed E-state index contributed by atoms with van der Waals surface area (Å²) in [4.78, 5) is 37.5. The van der Waals surface area contributed by atoms with Crippen molar-refractivity contribution in [2.45, 2.75) is 50.4 Å². The van der Waals surface area contributed by atoms with Crippen LogP contribution in [-0.2, 0) is 9.53 Å². The first kappa shape index (κ1) is 21.7. The number of amides is 2. The molecule has 1 unspecified atom stereocenters. The van der Waals surface area contributed by atoms with Gasteiger partial charge in [0.2, 0.25) is 5.91 Å². The molecule has 0 aromatic carbocycles. The summed E-state index contributed by atoms with van der Waals surface area (Å²) in [5.41, 5.74) is 0.698. The van der Waals surface area contributed by atoms with Crippen LogP contribution in [-0.4, -0.2) is 69.3 Å². The number of nitrogens with zero attached hydrogens (tertiary/aromatic N) is 4. The van der Waals surface area contributed by atoms with Crippen molar-refractivity contribution < 1.29 is 18.7 Å². The molecule has 2 aliphatic rings. The maximum atomic E-state index is 12.7. The van der Waals surface area contributed by atoms with Crippen molar-refractivity contribution in [1.82, 2.24) is 19.8 Å². The van der Waals surface area contributed by atoms with Crippen LogP contribution in [0.1, 0.15) is 33.1 Å². The van der Waals surface area contributed by atoms with Crippen LogP contribution >= 0.6 is 11.8 Å². The van der Waals surface area contributed by atoms with E-state index in [-0.39, 0.29) is 29.8 Å². The van der Waals surface area contributed by atoms with Gasteiger partial charge in [0.05, 0.1) is 18.1 Å². The van der Waals surface area contributed by atoms with Gasteiger partial charge in [-0.25, -0.2) is 14.8 Å². The molecule has 4 rings (SSSR count). The van der Waals surface area contributed by atoms with Gasteiger partial charge in [0.25, 0.3) is 0 Å². The zero-order valence-electron chi connectivity index (χ0n) is 17.9. The largest absolute Gasteiger partial charge is 0.463 e. The van der Waals surface area contributed by atoms with Gasteiger partial charge in [-0.2, -0.15) is 0 Å². The molecule has 0 spiro atoms. The number of likely N-dealkylation sites (tertiary alicyclic amines) is 1. The molecule has 2 aromatic heterocycles. The molecule has 31 heavy (non-hydrogen) atoms. The molecule has 2 aromatic rings. The zero-order chi connectivity index (χ0) is 21.8. The Balaban J connectivity index is 1.28. The predicted molar refractivity (Wildman–Crippen MR) is 116 cm³/mol. The predicted octanol–water partition coefficient (Wildman–Crippen LogP) is 3.69. The highest BCUT2D eigenvalue weighted by molar-refractivity contribution is 7.99. The van der Waals surface area contributed by atoms with Crippen LogP contribution in [0.25, 0.3) is 11.5 Å². The smallest absolute Gasteiger partial charge is 0.410 e. The quantitative estimate of drug-likeness (QED) is 0.475. The second-order valence-electron chi connectivity index (χ2n) is 8.37. The molecule has 2 aliphatic heterocycles. The molecule has 8 nitrogen and oxygen atoms in total. The number of carbonyl (C=O) groups is 2. The molecule has 4 heterocycles. The van der Waals surface area contributed by atoms with E-state index >= 15 is 0 Å². The minimum absolute atomic E-state index is 0.0678. The molecule has 9 heteroatoms. The first-order chi connectivity index (χ1) is 15.0. The lowest BCUT2D eigenvalue weighted by Crippen LogP contribution is -2.50. The first-order valence-corrected chi connectivity index (χ1v) is 11.7. The standard InChI is InChI=1S/C22H28N4O4S/c1-15(2)12-17-13-30-22(28)26(17)16-6-9-25(10-7-16)20(27)14-31-21-23-8-5-18(24-21)19-4-3-11-29-19/h3-5,8,11,15-17H,6-7,9-10,12-14H2,1-2H3. The van der Waals surface area contributed by atoms with Crippen molar-refractivity contribution in [3.8, 4) is 11.5 Å². The Morgan fingerprint density at radius 1 is 1.29 bits per heavy atom. The highest BCUT2D eigenvalue weighted by atomic mass is 32.2. The fourth-order valence-electron chi connectivity index (χ4n) is 4.23. The highest BCUT2D eigenvalue weighted by Crippen LogP contribution is 2.28. The topological polar surface area (TPSA) is 88.8 Å². The van der Waals surface area contributed by atoms with Crippen molar-refractivity contribution in [2.24, 2.45) is 5.92 Å². The Bertz CT molecular complexity index is 897. The van der Waals surface area contributed by atoms with E-state index in [0.29, 0.717) is 42.2 Å². The Kier molecular flexibility index (Phi) is 6.80. The summed E-state index contributed by atoms with van der Waals surface area (Å²) in [5, 5.41) is 0.550. The Hall–Kier alpha value is -2.55. The van der Waals surface area contributed by atoms with Crippen molar-refractivity contribution in [2.75, 3.05) is 25.4 Å². The third-order valence-corrected chi connectivity index (χ3v) is 6.54. The number of rotatable bonds is 7. The van der Waals surface area contributed by atoms with Gasteiger partial charge in [0, 0.05) is 25.3 Å². The number of hydrogen-bond donors (Lipinski definition) is 0. The lowest BCUT2D eigenvalue weighted by atomic mass is 9.98. The lowest BCUT2D eigenvalue weighted by Gasteiger charge is -2.38. The number of thioether (sulfide) groups is 1. The van der Waals surface area contributed by atoms with E-state index in [4.69, 9.17) is 9.15 Å². The molecule has 0 N–H and O–H groups in total. The molecule has 166 valence electrons. The molecule has 1 atom stereocenters. The van der Waals surface area contributed by atoms with Crippen molar-refractivity contribution in [3.05, 3.63) is 30.7 Å². The minimum Gasteiger partial charge on any atom is -0.463 e. The van der Waals surface area contributed by atoms with E-state index in [1.165, 1.54) is 11.8 Å². The fourth-order valence-corrected chi connectivity index (χ4v) is 4.96. The van der Waals surface area contributed by atoms with Crippen LogP contribution in [0.3, 0.4) is 0 Å². The lowest BCUT2D eigenvalue weighted by molar-refractivity contribution is -0.129. The van der Waals surface area contributed by atoms with Crippen LogP contribution in [0.2, 0.25) is 0 Å². The Morgan fingerprint density at radius 3 is 2.81 bits per heavy atom. The number of piperidine rings is 1. The zero-order valence-corrected chi connectivity index (χ0v) is 18.7. The van der Waals surface area contributed by atoms with E-state index in [0.717, 1.165) is 19.3 Å². The summed E-state index contributed by atoms with van der Waals surface area (Å²) in [6.07, 6.45) is 5.57. The molecule has 2 saturated heterocycles. The summed E-state index contributed by atoms with van der Waals surface area (Å²) in [5.74, 6) is 1.54. The van der Waals surface area contributed by atoms with Crippen LogP contribution in [0.4, 0.5) is 4.79 Å². The summed E-state index contributed by atoms with van der Waals surface area (Å²) in [7, 11) is 0. The van der Waals surface area contributed by atoms with Crippen LogP contribution < -0.4 is 0 Å². The van der Waals surface area contributed by atoms with Gasteiger partial charge in [0.1, 0.15) is 12.3 Å². The number of cyclic esters (lactones) is 1. The Labute approximate surface area is 186 Å². The molecular weight excluding hydrogens is 416 g/mol. The SMILES string of the molecule is CC(C)CC1COC(=O)N1C1CCN(C(=O)CSc2nccc(-c3ccco3)n2)CC1. The highest BCUT2D eigenvalue weighted by Gasteiger charge is 2.39. The van der Waals surface area contributed by atoms with Gasteiger partial charge >= 0.3 is 6.09 Å². The van der Waals surface area contributed by atoms with Crippen molar-refractivity contribution in [3.63, 3.8) is 0 Å². The van der Waals surface area contributed by atoms with E-state index in [1.807, 2.05) is 21.9 Å². The summed E-state index contributed by atoms with van der Waals surface area (Å²) < 4.78 is 10.7. The van der Waals surface area contributed by atoms with Crippen LogP contribution in [0, 0.1) is 5.92 Å². The summed E-state index contributed by atoms with van der Waals surface area (Å²) >= 11 is 1.33. The number of aromatic nitrogens is 2. The monoisotopic (exact) mass is 444 g/mol. The van der Waals surface area contributed by atoms with Gasteiger partial charge < -0.3 is 14.1 Å². The first-order valence-electron chi connectivity index (χ1n) is 10.7. The average molecular weight is 445 g/mol. The van der Waals surface area contributed by atoms with Crippen LogP contribution in [0.5, 0.6) is 0 Å². The van der Waals surface area contributed by atoms with Gasteiger partial charge in [-0.05, 0) is 43.4 Å². The molecule has 0 bridgehead atoms. The van der Waals surface area contributed by atoms with Crippen molar-refractivity contribution >= 4 is 23.8 Å². The molecule has 0 aliphatic carbocycles. The second-order valence-corrected chi connectivity index (χ2v) is 9.31. The number of hydrogen-bond acceptors (Lipinski definition) is 7. The summed E-state index contributed by atoms with van der Waals surface area (Å²) in [6.45, 7) is 6.09. The second kappa shape index (κ2) is 9.72. The normalized spacial score (nSPS) is 19.8. The molecule has 0 radical (unpaired) electrons. The number of carbonyl (C=O) groups excluding carboxylic acids is 2.